The maximum absolute atomic E-state index is 6.29. The van der Waals surface area contributed by atoms with Gasteiger partial charge in [-0.1, -0.05) is 18.2 Å². The van der Waals surface area contributed by atoms with Crippen molar-refractivity contribution in [3.63, 3.8) is 0 Å². The Balaban J connectivity index is 2.09. The van der Waals surface area contributed by atoms with Crippen molar-refractivity contribution in [3.8, 4) is 5.69 Å². The van der Waals surface area contributed by atoms with E-state index in [9.17, 15) is 0 Å². The zero-order chi connectivity index (χ0) is 14.8. The molecule has 112 valence electrons. The molecule has 3 rings (SSSR count). The summed E-state index contributed by atoms with van der Waals surface area (Å²) in [6, 6.07) is 11.1. The fraction of sp³-hybridized carbons (Fsp3) is 0.444. The van der Waals surface area contributed by atoms with Crippen molar-refractivity contribution >= 4 is 0 Å². The van der Waals surface area contributed by atoms with E-state index in [4.69, 9.17) is 10.5 Å². The second-order valence-corrected chi connectivity index (χ2v) is 5.89. The maximum atomic E-state index is 6.29. The summed E-state index contributed by atoms with van der Waals surface area (Å²) < 4.78 is 7.65. The van der Waals surface area contributed by atoms with Crippen molar-refractivity contribution in [2.75, 3.05) is 13.7 Å². The number of hydrogen-bond acceptors (Lipinski definition) is 2. The minimum atomic E-state index is 0.194. The summed E-state index contributed by atoms with van der Waals surface area (Å²) in [6.45, 7) is 2.93. The Morgan fingerprint density at radius 2 is 2.14 bits per heavy atom. The van der Waals surface area contributed by atoms with Crippen LogP contribution < -0.4 is 5.73 Å². The predicted molar refractivity (Wildman–Crippen MR) is 86.0 cm³/mol. The van der Waals surface area contributed by atoms with Crippen LogP contribution in [0.25, 0.3) is 5.69 Å². The molecule has 0 saturated heterocycles. The van der Waals surface area contributed by atoms with Gasteiger partial charge in [-0.3, -0.25) is 0 Å². The molecular weight excluding hydrogens is 260 g/mol. The standard InChI is InChI=1S/C18H24N2O/c1-13-12-15-16(19)7-5-9-18(15)20(13)17-8-4-3-6-14(17)10-11-21-2/h3-4,6,8,12,16H,5,7,9-11,19H2,1-2H3. The van der Waals surface area contributed by atoms with Crippen molar-refractivity contribution < 1.29 is 4.74 Å². The highest BCUT2D eigenvalue weighted by atomic mass is 16.5. The normalized spacial score (nSPS) is 17.8. The first-order valence-corrected chi connectivity index (χ1v) is 7.76. The predicted octanol–water partition coefficient (Wildman–Crippen LogP) is 3.31. The van der Waals surface area contributed by atoms with E-state index in [1.54, 1.807) is 7.11 Å². The van der Waals surface area contributed by atoms with Gasteiger partial charge in [0, 0.05) is 30.2 Å². The minimum Gasteiger partial charge on any atom is -0.384 e. The SMILES string of the molecule is COCCc1ccccc1-n1c(C)cc2c1CCCC2N. The number of hydrogen-bond donors (Lipinski definition) is 1. The van der Waals surface area contributed by atoms with E-state index in [0.29, 0.717) is 0 Å². The smallest absolute Gasteiger partial charge is 0.0503 e. The summed E-state index contributed by atoms with van der Waals surface area (Å²) in [5, 5.41) is 0. The highest BCUT2D eigenvalue weighted by molar-refractivity contribution is 5.48. The zero-order valence-electron chi connectivity index (χ0n) is 12.9. The van der Waals surface area contributed by atoms with Gasteiger partial charge in [0.05, 0.1) is 6.61 Å². The second-order valence-electron chi connectivity index (χ2n) is 5.89. The minimum absolute atomic E-state index is 0.194. The third kappa shape index (κ3) is 2.63. The summed E-state index contributed by atoms with van der Waals surface area (Å²) in [5.41, 5.74) is 12.9. The molecule has 3 heteroatoms. The number of methoxy groups -OCH3 is 1. The summed E-state index contributed by atoms with van der Waals surface area (Å²) in [4.78, 5) is 0. The number of aromatic nitrogens is 1. The Morgan fingerprint density at radius 3 is 2.95 bits per heavy atom. The molecule has 3 nitrogen and oxygen atoms in total. The topological polar surface area (TPSA) is 40.2 Å². The third-order valence-corrected chi connectivity index (χ3v) is 4.46. The molecule has 0 saturated carbocycles. The van der Waals surface area contributed by atoms with Gasteiger partial charge in [-0.25, -0.2) is 0 Å². The Bertz CT molecular complexity index is 630. The average molecular weight is 284 g/mol. The molecule has 0 aliphatic heterocycles. The van der Waals surface area contributed by atoms with E-state index in [-0.39, 0.29) is 6.04 Å². The molecule has 1 heterocycles. The molecule has 1 aliphatic carbocycles. The Labute approximate surface area is 126 Å². The van der Waals surface area contributed by atoms with E-state index in [1.165, 1.54) is 34.6 Å². The van der Waals surface area contributed by atoms with E-state index >= 15 is 0 Å². The first-order valence-electron chi connectivity index (χ1n) is 7.76. The van der Waals surface area contributed by atoms with Crippen molar-refractivity contribution in [1.82, 2.24) is 4.57 Å². The van der Waals surface area contributed by atoms with E-state index in [1.807, 2.05) is 0 Å². The summed E-state index contributed by atoms with van der Waals surface area (Å²) in [6.07, 6.45) is 4.33. The first-order chi connectivity index (χ1) is 10.2. The molecular formula is C18H24N2O. The van der Waals surface area contributed by atoms with Crippen LogP contribution in [0.2, 0.25) is 0 Å². The number of ether oxygens (including phenoxy) is 1. The fourth-order valence-corrected chi connectivity index (χ4v) is 3.42. The first kappa shape index (κ1) is 14.4. The number of fused-ring (bicyclic) bond motifs is 1. The molecule has 0 amide bonds. The molecule has 0 bridgehead atoms. The lowest BCUT2D eigenvalue weighted by Crippen LogP contribution is -2.18. The maximum Gasteiger partial charge on any atom is 0.0503 e. The largest absolute Gasteiger partial charge is 0.384 e. The van der Waals surface area contributed by atoms with Gasteiger partial charge in [-0.2, -0.15) is 0 Å². The van der Waals surface area contributed by atoms with Gasteiger partial charge in [-0.15, -0.1) is 0 Å². The second kappa shape index (κ2) is 6.04. The number of nitrogens with zero attached hydrogens (tertiary/aromatic N) is 1. The van der Waals surface area contributed by atoms with Crippen LogP contribution in [-0.2, 0) is 17.6 Å². The zero-order valence-corrected chi connectivity index (χ0v) is 12.9. The molecule has 1 atom stereocenters. The number of para-hydroxylation sites is 1. The molecule has 2 aromatic rings. The number of nitrogens with two attached hydrogens (primary N) is 1. The quantitative estimate of drug-likeness (QED) is 0.935. The van der Waals surface area contributed by atoms with Crippen LogP contribution in [0.1, 0.15) is 41.4 Å². The van der Waals surface area contributed by atoms with Crippen LogP contribution in [0.3, 0.4) is 0 Å². The molecule has 0 fully saturated rings. The highest BCUT2D eigenvalue weighted by Gasteiger charge is 2.23. The van der Waals surface area contributed by atoms with Crippen molar-refractivity contribution in [1.29, 1.82) is 0 Å². The lowest BCUT2D eigenvalue weighted by atomic mass is 9.93. The van der Waals surface area contributed by atoms with Crippen LogP contribution in [-0.4, -0.2) is 18.3 Å². The van der Waals surface area contributed by atoms with E-state index in [2.05, 4.69) is 41.8 Å². The Morgan fingerprint density at radius 1 is 1.33 bits per heavy atom. The Hall–Kier alpha value is -1.58. The van der Waals surface area contributed by atoms with Crippen LogP contribution >= 0.6 is 0 Å². The van der Waals surface area contributed by atoms with Gasteiger partial charge in [0.1, 0.15) is 0 Å². The summed E-state index contributed by atoms with van der Waals surface area (Å²) >= 11 is 0. The van der Waals surface area contributed by atoms with Gasteiger partial charge in [-0.05, 0) is 55.9 Å². The number of aryl methyl sites for hydroxylation is 1. The van der Waals surface area contributed by atoms with E-state index in [0.717, 1.165) is 25.9 Å². The monoisotopic (exact) mass is 284 g/mol. The number of rotatable bonds is 4. The van der Waals surface area contributed by atoms with Gasteiger partial charge in [0.15, 0.2) is 0 Å². The molecule has 21 heavy (non-hydrogen) atoms. The molecule has 2 N–H and O–H groups in total. The van der Waals surface area contributed by atoms with Gasteiger partial charge in [0.2, 0.25) is 0 Å². The van der Waals surface area contributed by atoms with E-state index < -0.39 is 0 Å². The summed E-state index contributed by atoms with van der Waals surface area (Å²) in [7, 11) is 1.75. The summed E-state index contributed by atoms with van der Waals surface area (Å²) in [5.74, 6) is 0. The highest BCUT2D eigenvalue weighted by Crippen LogP contribution is 2.33. The Kier molecular flexibility index (Phi) is 4.13. The van der Waals surface area contributed by atoms with Crippen molar-refractivity contribution in [3.05, 3.63) is 52.8 Å². The van der Waals surface area contributed by atoms with Gasteiger partial charge < -0.3 is 15.0 Å². The molecule has 0 radical (unpaired) electrons. The molecule has 1 aromatic carbocycles. The number of benzene rings is 1. The van der Waals surface area contributed by atoms with Crippen LogP contribution in [0, 0.1) is 6.92 Å². The van der Waals surface area contributed by atoms with Gasteiger partial charge in [0.25, 0.3) is 0 Å². The lowest BCUT2D eigenvalue weighted by molar-refractivity contribution is 0.202. The average Bonchev–Trinajstić information content (AvgIpc) is 2.83. The molecule has 0 spiro atoms. The molecule has 1 aliphatic rings. The van der Waals surface area contributed by atoms with Crippen LogP contribution in [0.5, 0.6) is 0 Å². The lowest BCUT2D eigenvalue weighted by Gasteiger charge is -2.22. The van der Waals surface area contributed by atoms with Crippen LogP contribution in [0.4, 0.5) is 0 Å². The molecule has 1 unspecified atom stereocenters. The van der Waals surface area contributed by atoms with Crippen molar-refractivity contribution in [2.24, 2.45) is 5.73 Å². The molecule has 1 aromatic heterocycles. The third-order valence-electron chi connectivity index (χ3n) is 4.46. The van der Waals surface area contributed by atoms with Crippen LogP contribution in [0.15, 0.2) is 30.3 Å². The van der Waals surface area contributed by atoms with Gasteiger partial charge >= 0.3 is 0 Å². The fourth-order valence-electron chi connectivity index (χ4n) is 3.42. The van der Waals surface area contributed by atoms with Crippen molar-refractivity contribution in [2.45, 2.75) is 38.6 Å².